The molecule has 0 fully saturated rings. The Morgan fingerprint density at radius 3 is 2.67 bits per heavy atom. The molecular formula is C11H14BrNO4S. The first kappa shape index (κ1) is 15.1. The molecule has 0 bridgehead atoms. The number of halogens is 1. The van der Waals surface area contributed by atoms with Crippen molar-refractivity contribution in [2.45, 2.75) is 24.7 Å². The molecule has 1 amide bonds. The van der Waals surface area contributed by atoms with Crippen LogP contribution in [0.2, 0.25) is 0 Å². The second-order valence-corrected chi connectivity index (χ2v) is 6.23. The molecular weight excluding hydrogens is 322 g/mol. The quantitative estimate of drug-likeness (QED) is 0.633. The maximum Gasteiger partial charge on any atom is 0.296 e. The van der Waals surface area contributed by atoms with Crippen molar-refractivity contribution in [1.29, 1.82) is 0 Å². The Labute approximate surface area is 115 Å². The zero-order valence-electron chi connectivity index (χ0n) is 9.85. The van der Waals surface area contributed by atoms with Crippen molar-refractivity contribution in [2.75, 3.05) is 6.61 Å². The third-order valence-corrected chi connectivity index (χ3v) is 4.42. The van der Waals surface area contributed by atoms with Crippen LogP contribution in [0, 0.1) is 6.92 Å². The summed E-state index contributed by atoms with van der Waals surface area (Å²) in [6.07, 6.45) is 0.388. The fourth-order valence-electron chi connectivity index (χ4n) is 1.26. The molecule has 100 valence electrons. The lowest BCUT2D eigenvalue weighted by molar-refractivity contribution is -0.118. The molecule has 1 aromatic rings. The third kappa shape index (κ3) is 4.40. The van der Waals surface area contributed by atoms with Gasteiger partial charge in [0.05, 0.1) is 11.5 Å². The molecule has 0 saturated carbocycles. The van der Waals surface area contributed by atoms with Gasteiger partial charge in [0.15, 0.2) is 0 Å². The molecule has 7 heteroatoms. The number of carbonyl (C=O) groups is 1. The average molecular weight is 336 g/mol. The van der Waals surface area contributed by atoms with Gasteiger partial charge in [-0.1, -0.05) is 15.9 Å². The van der Waals surface area contributed by atoms with Crippen LogP contribution in [0.15, 0.2) is 27.6 Å². The number of hydrogen-bond donors (Lipinski definition) is 1. The summed E-state index contributed by atoms with van der Waals surface area (Å²) >= 11 is 3.29. The fourth-order valence-corrected chi connectivity index (χ4v) is 2.53. The van der Waals surface area contributed by atoms with Gasteiger partial charge in [0.2, 0.25) is 5.91 Å². The van der Waals surface area contributed by atoms with Gasteiger partial charge in [-0.05, 0) is 37.1 Å². The van der Waals surface area contributed by atoms with Crippen LogP contribution in [0.1, 0.15) is 18.4 Å². The summed E-state index contributed by atoms with van der Waals surface area (Å²) in [6.45, 7) is 1.73. The van der Waals surface area contributed by atoms with E-state index in [0.717, 1.165) is 10.0 Å². The second-order valence-electron chi connectivity index (χ2n) is 3.76. The number of aryl methyl sites for hydroxylation is 1. The summed E-state index contributed by atoms with van der Waals surface area (Å²) in [4.78, 5) is 10.6. The van der Waals surface area contributed by atoms with Crippen LogP contribution in [0.4, 0.5) is 0 Å². The molecule has 0 aliphatic carbocycles. The van der Waals surface area contributed by atoms with E-state index in [1.165, 1.54) is 12.1 Å². The molecule has 2 N–H and O–H groups in total. The van der Waals surface area contributed by atoms with Crippen LogP contribution in [-0.2, 0) is 19.1 Å². The number of carbonyl (C=O) groups excluding carboxylic acids is 1. The van der Waals surface area contributed by atoms with E-state index in [0.29, 0.717) is 0 Å². The largest absolute Gasteiger partial charge is 0.370 e. The van der Waals surface area contributed by atoms with Crippen LogP contribution in [0.25, 0.3) is 0 Å². The molecule has 18 heavy (non-hydrogen) atoms. The van der Waals surface area contributed by atoms with Gasteiger partial charge in [-0.2, -0.15) is 8.42 Å². The van der Waals surface area contributed by atoms with E-state index in [1.807, 2.05) is 0 Å². The van der Waals surface area contributed by atoms with Gasteiger partial charge in [-0.25, -0.2) is 0 Å². The second kappa shape index (κ2) is 6.31. The molecule has 0 radical (unpaired) electrons. The van der Waals surface area contributed by atoms with Crippen LogP contribution in [0.3, 0.4) is 0 Å². The van der Waals surface area contributed by atoms with Gasteiger partial charge < -0.3 is 5.73 Å². The Morgan fingerprint density at radius 2 is 2.11 bits per heavy atom. The number of rotatable bonds is 6. The maximum atomic E-state index is 11.8. The molecule has 1 aromatic carbocycles. The lowest BCUT2D eigenvalue weighted by Crippen LogP contribution is -2.13. The van der Waals surface area contributed by atoms with Gasteiger partial charge >= 0.3 is 0 Å². The first-order chi connectivity index (χ1) is 8.33. The molecule has 0 aliphatic heterocycles. The molecule has 0 saturated heterocycles. The minimum absolute atomic E-state index is 0.0552. The van der Waals surface area contributed by atoms with Crippen molar-refractivity contribution >= 4 is 32.0 Å². The van der Waals surface area contributed by atoms with Crippen molar-refractivity contribution < 1.29 is 17.4 Å². The monoisotopic (exact) mass is 335 g/mol. The van der Waals surface area contributed by atoms with Crippen LogP contribution in [-0.4, -0.2) is 20.9 Å². The van der Waals surface area contributed by atoms with Crippen LogP contribution >= 0.6 is 15.9 Å². The van der Waals surface area contributed by atoms with Gasteiger partial charge in [-0.3, -0.25) is 8.98 Å². The zero-order valence-corrected chi connectivity index (χ0v) is 12.3. The van der Waals surface area contributed by atoms with Crippen molar-refractivity contribution in [3.63, 3.8) is 0 Å². The number of nitrogens with two attached hydrogens (primary N) is 1. The first-order valence-electron chi connectivity index (χ1n) is 5.27. The van der Waals surface area contributed by atoms with Crippen LogP contribution < -0.4 is 5.73 Å². The number of amides is 1. The Hall–Kier alpha value is -0.920. The molecule has 1 rings (SSSR count). The smallest absolute Gasteiger partial charge is 0.296 e. The summed E-state index contributed by atoms with van der Waals surface area (Å²) in [7, 11) is -3.77. The standard InChI is InChI=1S/C11H14BrNO4S/c1-8-7-9(4-5-10(8)12)18(15,16)17-6-2-3-11(13)14/h4-5,7H,2-3,6H2,1H3,(H2,13,14). The molecule has 0 aromatic heterocycles. The highest BCUT2D eigenvalue weighted by atomic mass is 79.9. The summed E-state index contributed by atoms with van der Waals surface area (Å²) in [5, 5.41) is 0. The highest BCUT2D eigenvalue weighted by Gasteiger charge is 2.15. The minimum Gasteiger partial charge on any atom is -0.370 e. The van der Waals surface area contributed by atoms with Crippen LogP contribution in [0.5, 0.6) is 0 Å². The lowest BCUT2D eigenvalue weighted by Gasteiger charge is -2.06. The summed E-state index contributed by atoms with van der Waals surface area (Å²) in [5.41, 5.74) is 5.74. The van der Waals surface area contributed by atoms with E-state index in [4.69, 9.17) is 9.92 Å². The highest BCUT2D eigenvalue weighted by molar-refractivity contribution is 9.10. The number of primary amides is 1. The van der Waals surface area contributed by atoms with E-state index in [-0.39, 0.29) is 24.3 Å². The van der Waals surface area contributed by atoms with Crippen molar-refractivity contribution in [1.82, 2.24) is 0 Å². The van der Waals surface area contributed by atoms with E-state index < -0.39 is 16.0 Å². The van der Waals surface area contributed by atoms with Gasteiger partial charge in [0.1, 0.15) is 0 Å². The molecule has 0 spiro atoms. The number of benzene rings is 1. The topological polar surface area (TPSA) is 86.5 Å². The SMILES string of the molecule is Cc1cc(S(=O)(=O)OCCCC(N)=O)ccc1Br. The molecule has 0 aliphatic rings. The Morgan fingerprint density at radius 1 is 1.44 bits per heavy atom. The number of hydrogen-bond acceptors (Lipinski definition) is 4. The summed E-state index contributed by atoms with van der Waals surface area (Å²) in [6, 6.07) is 4.63. The maximum absolute atomic E-state index is 11.8. The van der Waals surface area contributed by atoms with Crippen molar-refractivity contribution in [3.05, 3.63) is 28.2 Å². The average Bonchev–Trinajstić information content (AvgIpc) is 2.28. The Bertz CT molecular complexity index is 542. The van der Waals surface area contributed by atoms with E-state index in [9.17, 15) is 13.2 Å². The van der Waals surface area contributed by atoms with E-state index >= 15 is 0 Å². The van der Waals surface area contributed by atoms with Crippen molar-refractivity contribution in [3.8, 4) is 0 Å². The predicted molar refractivity (Wildman–Crippen MR) is 70.4 cm³/mol. The first-order valence-corrected chi connectivity index (χ1v) is 7.47. The predicted octanol–water partition coefficient (Wildman–Crippen LogP) is 1.73. The van der Waals surface area contributed by atoms with Crippen molar-refractivity contribution in [2.24, 2.45) is 5.73 Å². The molecule has 5 nitrogen and oxygen atoms in total. The van der Waals surface area contributed by atoms with Gasteiger partial charge in [0, 0.05) is 10.9 Å². The van der Waals surface area contributed by atoms with Gasteiger partial charge in [-0.15, -0.1) is 0 Å². The summed E-state index contributed by atoms with van der Waals surface area (Å²) < 4.78 is 29.2. The zero-order chi connectivity index (χ0) is 13.8. The minimum atomic E-state index is -3.77. The lowest BCUT2D eigenvalue weighted by atomic mass is 10.2. The third-order valence-electron chi connectivity index (χ3n) is 2.22. The summed E-state index contributed by atoms with van der Waals surface area (Å²) in [5.74, 6) is -0.476. The van der Waals surface area contributed by atoms with E-state index in [2.05, 4.69) is 15.9 Å². The Balaban J connectivity index is 2.68. The molecule has 0 heterocycles. The van der Waals surface area contributed by atoms with E-state index in [1.54, 1.807) is 13.0 Å². The normalized spacial score (nSPS) is 11.4. The van der Waals surface area contributed by atoms with Gasteiger partial charge in [0.25, 0.3) is 10.1 Å². The highest BCUT2D eigenvalue weighted by Crippen LogP contribution is 2.21. The Kier molecular flexibility index (Phi) is 5.30. The molecule has 0 unspecified atom stereocenters. The fraction of sp³-hybridized carbons (Fsp3) is 0.364. The molecule has 0 atom stereocenters.